The highest BCUT2D eigenvalue weighted by Crippen LogP contribution is 2.15. The molecular weight excluding hydrogens is 254 g/mol. The Labute approximate surface area is 122 Å². The van der Waals surface area contributed by atoms with Gasteiger partial charge in [0, 0.05) is 32.8 Å². The van der Waals surface area contributed by atoms with E-state index in [0.717, 1.165) is 13.0 Å². The normalized spacial score (nSPS) is 14.4. The van der Waals surface area contributed by atoms with Crippen LogP contribution in [-0.2, 0) is 15.9 Å². The van der Waals surface area contributed by atoms with E-state index in [4.69, 9.17) is 9.47 Å². The van der Waals surface area contributed by atoms with Gasteiger partial charge in [-0.2, -0.15) is 0 Å². The molecule has 0 aromatic heterocycles. The summed E-state index contributed by atoms with van der Waals surface area (Å²) in [4.78, 5) is 2.40. The van der Waals surface area contributed by atoms with Gasteiger partial charge in [-0.05, 0) is 38.0 Å². The highest BCUT2D eigenvalue weighted by atomic mass is 16.5. The van der Waals surface area contributed by atoms with Crippen molar-refractivity contribution >= 4 is 0 Å². The molecule has 1 aromatic rings. The van der Waals surface area contributed by atoms with Gasteiger partial charge in [-0.15, -0.1) is 0 Å². The van der Waals surface area contributed by atoms with E-state index in [2.05, 4.69) is 18.7 Å². The van der Waals surface area contributed by atoms with Crippen LogP contribution >= 0.6 is 0 Å². The van der Waals surface area contributed by atoms with Gasteiger partial charge in [0.25, 0.3) is 0 Å². The summed E-state index contributed by atoms with van der Waals surface area (Å²) in [6.07, 6.45) is 0.943. The number of hydrogen-bond acceptors (Lipinski definition) is 4. The number of aromatic hydroxyl groups is 1. The van der Waals surface area contributed by atoms with Crippen molar-refractivity contribution in [3.8, 4) is 5.75 Å². The molecule has 0 heterocycles. The first-order chi connectivity index (χ1) is 9.58. The zero-order chi connectivity index (χ0) is 15.0. The molecule has 4 heteroatoms. The highest BCUT2D eigenvalue weighted by Gasteiger charge is 2.20. The molecule has 0 bridgehead atoms. The highest BCUT2D eigenvalue weighted by molar-refractivity contribution is 5.26. The van der Waals surface area contributed by atoms with E-state index in [0.29, 0.717) is 31.0 Å². The Bertz CT molecular complexity index is 366. The Morgan fingerprint density at radius 2 is 1.70 bits per heavy atom. The summed E-state index contributed by atoms with van der Waals surface area (Å²) in [6.45, 7) is 6.71. The van der Waals surface area contributed by atoms with Crippen LogP contribution in [0.5, 0.6) is 5.75 Å². The van der Waals surface area contributed by atoms with Gasteiger partial charge in [-0.3, -0.25) is 4.90 Å². The topological polar surface area (TPSA) is 41.9 Å². The number of rotatable bonds is 9. The fourth-order valence-electron chi connectivity index (χ4n) is 2.50. The lowest BCUT2D eigenvalue weighted by molar-refractivity contribution is 0.0518. The van der Waals surface area contributed by atoms with Crippen LogP contribution in [0, 0.1) is 0 Å². The van der Waals surface area contributed by atoms with Gasteiger partial charge in [0.1, 0.15) is 5.75 Å². The Morgan fingerprint density at radius 1 is 1.05 bits per heavy atom. The third-order valence-electron chi connectivity index (χ3n) is 3.56. The Balaban J connectivity index is 2.65. The van der Waals surface area contributed by atoms with Gasteiger partial charge in [-0.25, -0.2) is 0 Å². The van der Waals surface area contributed by atoms with Gasteiger partial charge in [-0.1, -0.05) is 12.1 Å². The summed E-state index contributed by atoms with van der Waals surface area (Å²) in [7, 11) is 3.46. The summed E-state index contributed by atoms with van der Waals surface area (Å²) >= 11 is 0. The first-order valence-corrected chi connectivity index (χ1v) is 7.10. The molecule has 0 saturated heterocycles. The smallest absolute Gasteiger partial charge is 0.115 e. The lowest BCUT2D eigenvalue weighted by atomic mass is 10.0. The predicted molar refractivity (Wildman–Crippen MR) is 81.2 cm³/mol. The van der Waals surface area contributed by atoms with Crippen LogP contribution in [0.2, 0.25) is 0 Å². The molecule has 0 aliphatic carbocycles. The molecule has 1 N–H and O–H groups in total. The van der Waals surface area contributed by atoms with Crippen molar-refractivity contribution < 1.29 is 14.6 Å². The van der Waals surface area contributed by atoms with Crippen molar-refractivity contribution in [3.05, 3.63) is 29.8 Å². The van der Waals surface area contributed by atoms with Crippen LogP contribution in [0.1, 0.15) is 19.4 Å². The molecular formula is C16H27NO3. The molecule has 20 heavy (non-hydrogen) atoms. The average molecular weight is 281 g/mol. The van der Waals surface area contributed by atoms with E-state index in [1.54, 1.807) is 26.4 Å². The third kappa shape index (κ3) is 5.49. The molecule has 0 amide bonds. The minimum atomic E-state index is 0.311. The van der Waals surface area contributed by atoms with Crippen molar-refractivity contribution in [1.82, 2.24) is 4.90 Å². The third-order valence-corrected chi connectivity index (χ3v) is 3.56. The van der Waals surface area contributed by atoms with Crippen LogP contribution in [0.4, 0.5) is 0 Å². The lowest BCUT2D eigenvalue weighted by Gasteiger charge is -2.34. The fourth-order valence-corrected chi connectivity index (χ4v) is 2.50. The number of methoxy groups -OCH3 is 2. The standard InChI is InChI=1S/C16H27NO3/c1-13(11-15-5-7-16(18)8-6-15)17(9-10-19-3)14(2)12-20-4/h5-8,13-14,18H,9-12H2,1-4H3. The number of hydrogen-bond donors (Lipinski definition) is 1. The Kier molecular flexibility index (Phi) is 7.59. The average Bonchev–Trinajstić information content (AvgIpc) is 2.42. The Morgan fingerprint density at radius 3 is 2.25 bits per heavy atom. The zero-order valence-corrected chi connectivity index (χ0v) is 13.0. The maximum Gasteiger partial charge on any atom is 0.115 e. The van der Waals surface area contributed by atoms with Crippen LogP contribution in [0.3, 0.4) is 0 Å². The summed E-state index contributed by atoms with van der Waals surface area (Å²) in [5.41, 5.74) is 1.22. The van der Waals surface area contributed by atoms with E-state index >= 15 is 0 Å². The minimum absolute atomic E-state index is 0.311. The summed E-state index contributed by atoms with van der Waals surface area (Å²) in [5, 5.41) is 9.33. The summed E-state index contributed by atoms with van der Waals surface area (Å²) in [6, 6.07) is 8.16. The van der Waals surface area contributed by atoms with E-state index in [1.165, 1.54) is 5.56 Å². The van der Waals surface area contributed by atoms with Crippen molar-refractivity contribution in [1.29, 1.82) is 0 Å². The fraction of sp³-hybridized carbons (Fsp3) is 0.625. The number of benzene rings is 1. The molecule has 0 fully saturated rings. The molecule has 1 aromatic carbocycles. The number of phenols is 1. The molecule has 0 saturated carbocycles. The van der Waals surface area contributed by atoms with E-state index in [-0.39, 0.29) is 0 Å². The maximum atomic E-state index is 9.33. The second-order valence-electron chi connectivity index (χ2n) is 5.25. The first-order valence-electron chi connectivity index (χ1n) is 7.10. The maximum absolute atomic E-state index is 9.33. The van der Waals surface area contributed by atoms with Gasteiger partial charge in [0.15, 0.2) is 0 Å². The SMILES string of the molecule is COCCN(C(C)COC)C(C)Cc1ccc(O)cc1. The predicted octanol–water partition coefficient (Wildman–Crippen LogP) is 2.31. The molecule has 4 nitrogen and oxygen atoms in total. The summed E-state index contributed by atoms with van der Waals surface area (Å²) < 4.78 is 10.5. The van der Waals surface area contributed by atoms with Gasteiger partial charge < -0.3 is 14.6 Å². The molecule has 2 atom stereocenters. The molecule has 1 rings (SSSR count). The van der Waals surface area contributed by atoms with Crippen molar-refractivity contribution in [2.75, 3.05) is 34.0 Å². The summed E-state index contributed by atoms with van der Waals surface area (Å²) in [5.74, 6) is 0.311. The van der Waals surface area contributed by atoms with Crippen LogP contribution < -0.4 is 0 Å². The second kappa shape index (κ2) is 8.95. The van der Waals surface area contributed by atoms with Gasteiger partial charge in [0.2, 0.25) is 0 Å². The number of phenolic OH excluding ortho intramolecular Hbond substituents is 1. The molecule has 2 unspecified atom stereocenters. The van der Waals surface area contributed by atoms with Crippen molar-refractivity contribution in [2.24, 2.45) is 0 Å². The molecule has 0 spiro atoms. The molecule has 0 radical (unpaired) electrons. The van der Waals surface area contributed by atoms with Crippen molar-refractivity contribution in [3.63, 3.8) is 0 Å². The van der Waals surface area contributed by atoms with Gasteiger partial charge in [0.05, 0.1) is 13.2 Å². The quantitative estimate of drug-likeness (QED) is 0.754. The largest absolute Gasteiger partial charge is 0.508 e. The zero-order valence-electron chi connectivity index (χ0n) is 13.0. The second-order valence-corrected chi connectivity index (χ2v) is 5.25. The number of nitrogens with zero attached hydrogens (tertiary/aromatic N) is 1. The molecule has 0 aliphatic heterocycles. The van der Waals surface area contributed by atoms with Gasteiger partial charge >= 0.3 is 0 Å². The molecule has 114 valence electrons. The Hall–Kier alpha value is -1.10. The van der Waals surface area contributed by atoms with Crippen LogP contribution in [-0.4, -0.2) is 56.1 Å². The van der Waals surface area contributed by atoms with E-state index in [1.807, 2.05) is 12.1 Å². The van der Waals surface area contributed by atoms with Crippen LogP contribution in [0.15, 0.2) is 24.3 Å². The van der Waals surface area contributed by atoms with E-state index in [9.17, 15) is 5.11 Å². The monoisotopic (exact) mass is 281 g/mol. The van der Waals surface area contributed by atoms with E-state index < -0.39 is 0 Å². The van der Waals surface area contributed by atoms with Crippen molar-refractivity contribution in [2.45, 2.75) is 32.4 Å². The minimum Gasteiger partial charge on any atom is -0.508 e. The first kappa shape index (κ1) is 17.0. The molecule has 0 aliphatic rings. The van der Waals surface area contributed by atoms with Crippen LogP contribution in [0.25, 0.3) is 0 Å². The lowest BCUT2D eigenvalue weighted by Crippen LogP contribution is -2.45. The number of ether oxygens (including phenoxy) is 2.